The molecule has 0 saturated carbocycles. The van der Waals surface area contributed by atoms with Crippen LogP contribution in [0.3, 0.4) is 0 Å². The van der Waals surface area contributed by atoms with Crippen molar-refractivity contribution in [3.05, 3.63) is 34.9 Å². The molecule has 3 nitrogen and oxygen atoms in total. The van der Waals surface area contributed by atoms with E-state index in [1.165, 1.54) is 0 Å². The van der Waals surface area contributed by atoms with Crippen LogP contribution in [0.15, 0.2) is 18.2 Å². The highest BCUT2D eigenvalue weighted by atomic mass is 16.1. The maximum Gasteiger partial charge on any atom is 0.248 e. The Balaban J connectivity index is 3.10. The number of aryl methyl sites for hydroxylation is 1. The zero-order valence-electron chi connectivity index (χ0n) is 7.71. The summed E-state index contributed by atoms with van der Waals surface area (Å²) in [5.74, 6) is -0.386. The van der Waals surface area contributed by atoms with Crippen molar-refractivity contribution in [2.45, 2.75) is 13.3 Å². The zero-order chi connectivity index (χ0) is 9.84. The number of primary amides is 1. The SMILES string of the molecule is Cc1ccc(C(N)=O)c(CCN)c1. The highest BCUT2D eigenvalue weighted by Gasteiger charge is 2.06. The van der Waals surface area contributed by atoms with Gasteiger partial charge in [0.05, 0.1) is 0 Å². The van der Waals surface area contributed by atoms with Crippen LogP contribution in [0.25, 0.3) is 0 Å². The van der Waals surface area contributed by atoms with Crippen LogP contribution in [-0.2, 0) is 6.42 Å². The standard InChI is InChI=1S/C10H14N2O/c1-7-2-3-9(10(12)13)8(6-7)4-5-11/h2-3,6H,4-5,11H2,1H3,(H2,12,13). The van der Waals surface area contributed by atoms with Crippen molar-refractivity contribution in [1.29, 1.82) is 0 Å². The molecular weight excluding hydrogens is 164 g/mol. The lowest BCUT2D eigenvalue weighted by Crippen LogP contribution is -2.15. The molecule has 70 valence electrons. The molecule has 1 amide bonds. The van der Waals surface area contributed by atoms with E-state index in [2.05, 4.69) is 0 Å². The fourth-order valence-corrected chi connectivity index (χ4v) is 1.33. The summed E-state index contributed by atoms with van der Waals surface area (Å²) >= 11 is 0. The van der Waals surface area contributed by atoms with Crippen molar-refractivity contribution in [2.24, 2.45) is 11.5 Å². The van der Waals surface area contributed by atoms with E-state index < -0.39 is 0 Å². The molecule has 0 fully saturated rings. The van der Waals surface area contributed by atoms with Crippen molar-refractivity contribution < 1.29 is 4.79 Å². The molecule has 0 spiro atoms. The summed E-state index contributed by atoms with van der Waals surface area (Å²) in [5, 5.41) is 0. The smallest absolute Gasteiger partial charge is 0.248 e. The van der Waals surface area contributed by atoms with E-state index in [4.69, 9.17) is 11.5 Å². The minimum absolute atomic E-state index is 0.386. The summed E-state index contributed by atoms with van der Waals surface area (Å²) in [7, 11) is 0. The van der Waals surface area contributed by atoms with Crippen LogP contribution in [0.1, 0.15) is 21.5 Å². The Morgan fingerprint density at radius 1 is 1.46 bits per heavy atom. The first-order valence-electron chi connectivity index (χ1n) is 4.24. The third-order valence-corrected chi connectivity index (χ3v) is 1.94. The van der Waals surface area contributed by atoms with E-state index in [-0.39, 0.29) is 5.91 Å². The maximum atomic E-state index is 11.0. The lowest BCUT2D eigenvalue weighted by molar-refractivity contribution is 0.0999. The number of nitrogens with two attached hydrogens (primary N) is 2. The summed E-state index contributed by atoms with van der Waals surface area (Å²) in [6.45, 7) is 2.51. The number of benzene rings is 1. The van der Waals surface area contributed by atoms with E-state index in [0.717, 1.165) is 11.1 Å². The van der Waals surface area contributed by atoms with Crippen LogP contribution in [0.2, 0.25) is 0 Å². The molecule has 0 atom stereocenters. The van der Waals surface area contributed by atoms with Crippen LogP contribution < -0.4 is 11.5 Å². The molecule has 0 aliphatic carbocycles. The minimum atomic E-state index is -0.386. The largest absolute Gasteiger partial charge is 0.366 e. The maximum absolute atomic E-state index is 11.0. The fraction of sp³-hybridized carbons (Fsp3) is 0.300. The number of hydrogen-bond acceptors (Lipinski definition) is 2. The first kappa shape index (κ1) is 9.74. The summed E-state index contributed by atoms with van der Waals surface area (Å²) in [5.41, 5.74) is 13.3. The highest BCUT2D eigenvalue weighted by Crippen LogP contribution is 2.11. The number of carbonyl (C=O) groups is 1. The van der Waals surface area contributed by atoms with E-state index in [1.807, 2.05) is 19.1 Å². The Bertz CT molecular complexity index is 321. The molecule has 0 unspecified atom stereocenters. The van der Waals surface area contributed by atoms with Crippen LogP contribution in [-0.4, -0.2) is 12.5 Å². The molecular formula is C10H14N2O. The summed E-state index contributed by atoms with van der Waals surface area (Å²) in [4.78, 5) is 11.0. The molecule has 0 aliphatic rings. The average Bonchev–Trinajstić information content (AvgIpc) is 2.04. The molecule has 3 heteroatoms. The fourth-order valence-electron chi connectivity index (χ4n) is 1.33. The molecule has 0 aromatic heterocycles. The average molecular weight is 178 g/mol. The second-order valence-electron chi connectivity index (χ2n) is 3.06. The van der Waals surface area contributed by atoms with Gasteiger partial charge in [-0.1, -0.05) is 17.7 Å². The van der Waals surface area contributed by atoms with Crippen molar-refractivity contribution in [3.63, 3.8) is 0 Å². The van der Waals surface area contributed by atoms with Crippen LogP contribution in [0.5, 0.6) is 0 Å². The zero-order valence-corrected chi connectivity index (χ0v) is 7.71. The predicted molar refractivity (Wildman–Crippen MR) is 52.5 cm³/mol. The predicted octanol–water partition coefficient (Wildman–Crippen LogP) is 0.595. The highest BCUT2D eigenvalue weighted by molar-refractivity contribution is 5.94. The monoisotopic (exact) mass is 178 g/mol. The van der Waals surface area contributed by atoms with Crippen molar-refractivity contribution in [2.75, 3.05) is 6.54 Å². The topological polar surface area (TPSA) is 69.1 Å². The summed E-state index contributed by atoms with van der Waals surface area (Å²) in [6.07, 6.45) is 0.694. The molecule has 0 aliphatic heterocycles. The van der Waals surface area contributed by atoms with Crippen LogP contribution in [0, 0.1) is 6.92 Å². The number of hydrogen-bond donors (Lipinski definition) is 2. The van der Waals surface area contributed by atoms with Gasteiger partial charge in [-0.15, -0.1) is 0 Å². The van der Waals surface area contributed by atoms with Gasteiger partial charge in [0.15, 0.2) is 0 Å². The van der Waals surface area contributed by atoms with Crippen molar-refractivity contribution in [1.82, 2.24) is 0 Å². The van der Waals surface area contributed by atoms with Crippen molar-refractivity contribution in [3.8, 4) is 0 Å². The van der Waals surface area contributed by atoms with Gasteiger partial charge < -0.3 is 11.5 Å². The lowest BCUT2D eigenvalue weighted by Gasteiger charge is -2.05. The van der Waals surface area contributed by atoms with Gasteiger partial charge in [-0.2, -0.15) is 0 Å². The van der Waals surface area contributed by atoms with Gasteiger partial charge in [-0.05, 0) is 31.5 Å². The lowest BCUT2D eigenvalue weighted by atomic mass is 10.0. The normalized spacial score (nSPS) is 10.0. The summed E-state index contributed by atoms with van der Waals surface area (Å²) < 4.78 is 0. The quantitative estimate of drug-likeness (QED) is 0.711. The van der Waals surface area contributed by atoms with Gasteiger partial charge in [-0.25, -0.2) is 0 Å². The Hall–Kier alpha value is -1.35. The van der Waals surface area contributed by atoms with Crippen LogP contribution in [0.4, 0.5) is 0 Å². The van der Waals surface area contributed by atoms with E-state index in [0.29, 0.717) is 18.5 Å². The third-order valence-electron chi connectivity index (χ3n) is 1.94. The number of rotatable bonds is 3. The molecule has 13 heavy (non-hydrogen) atoms. The second kappa shape index (κ2) is 4.05. The van der Waals surface area contributed by atoms with Crippen molar-refractivity contribution >= 4 is 5.91 Å². The molecule has 0 bridgehead atoms. The summed E-state index contributed by atoms with van der Waals surface area (Å²) in [6, 6.07) is 5.58. The number of amides is 1. The number of carbonyl (C=O) groups excluding carboxylic acids is 1. The molecule has 1 aromatic rings. The Morgan fingerprint density at radius 3 is 2.69 bits per heavy atom. The van der Waals surface area contributed by atoms with Gasteiger partial charge >= 0.3 is 0 Å². The molecule has 4 N–H and O–H groups in total. The second-order valence-corrected chi connectivity index (χ2v) is 3.06. The molecule has 0 heterocycles. The van der Waals surface area contributed by atoms with E-state index in [9.17, 15) is 4.79 Å². The first-order chi connectivity index (χ1) is 6.15. The molecule has 0 saturated heterocycles. The molecule has 1 rings (SSSR count). The van der Waals surface area contributed by atoms with Crippen LogP contribution >= 0.6 is 0 Å². The first-order valence-corrected chi connectivity index (χ1v) is 4.24. The van der Waals surface area contributed by atoms with Gasteiger partial charge in [0.1, 0.15) is 0 Å². The van der Waals surface area contributed by atoms with Gasteiger partial charge in [-0.3, -0.25) is 4.79 Å². The molecule has 1 aromatic carbocycles. The Morgan fingerprint density at radius 2 is 2.15 bits per heavy atom. The Kier molecular flexibility index (Phi) is 3.03. The third kappa shape index (κ3) is 2.29. The Labute approximate surface area is 77.7 Å². The van der Waals surface area contributed by atoms with Gasteiger partial charge in [0, 0.05) is 5.56 Å². The van der Waals surface area contributed by atoms with Gasteiger partial charge in [0.2, 0.25) is 5.91 Å². The van der Waals surface area contributed by atoms with E-state index >= 15 is 0 Å². The van der Waals surface area contributed by atoms with E-state index in [1.54, 1.807) is 6.07 Å². The molecule has 0 radical (unpaired) electrons. The van der Waals surface area contributed by atoms with Gasteiger partial charge in [0.25, 0.3) is 0 Å². The minimum Gasteiger partial charge on any atom is -0.366 e.